The van der Waals surface area contributed by atoms with Gasteiger partial charge in [-0.3, -0.25) is 19.5 Å². The monoisotopic (exact) mass is 232 g/mol. The Morgan fingerprint density at radius 1 is 1.24 bits per heavy atom. The van der Waals surface area contributed by atoms with Gasteiger partial charge in [-0.05, 0) is 18.6 Å². The second-order valence-corrected chi connectivity index (χ2v) is 3.55. The number of carbonyl (C=O) groups is 2. The Morgan fingerprint density at radius 3 is 2.65 bits per heavy atom. The van der Waals surface area contributed by atoms with Crippen LogP contribution < -0.4 is 4.74 Å². The summed E-state index contributed by atoms with van der Waals surface area (Å²) in [6, 6.07) is 3.59. The quantitative estimate of drug-likeness (QED) is 0.556. The minimum atomic E-state index is -0.253. The molecule has 0 spiro atoms. The average molecular weight is 232 g/mol. The Bertz CT molecular complexity index is 424. The average Bonchev–Trinajstić information content (AvgIpc) is 2.67. The van der Waals surface area contributed by atoms with E-state index >= 15 is 0 Å². The van der Waals surface area contributed by atoms with E-state index in [1.54, 1.807) is 24.5 Å². The van der Waals surface area contributed by atoms with Gasteiger partial charge in [0, 0.05) is 24.9 Å². The van der Waals surface area contributed by atoms with Crippen molar-refractivity contribution < 1.29 is 14.3 Å². The molecule has 88 valence electrons. The smallest absolute Gasteiger partial charge is 0.253 e. The zero-order valence-corrected chi connectivity index (χ0v) is 9.20. The first-order chi connectivity index (χ1) is 8.27. The summed E-state index contributed by atoms with van der Waals surface area (Å²) in [5, 5.41) is 0. The standard InChI is InChI=1S/C12H12N2O3/c15-11-4-5-12(16)14(11)7-2-8-17-10-3-1-6-13-9-10/h1,3-6,9H,2,7-8H2. The van der Waals surface area contributed by atoms with E-state index < -0.39 is 0 Å². The predicted octanol–water partition coefficient (Wildman–Crippen LogP) is 0.776. The zero-order chi connectivity index (χ0) is 12.1. The number of hydrogen-bond acceptors (Lipinski definition) is 4. The fourth-order valence-electron chi connectivity index (χ4n) is 1.50. The third kappa shape index (κ3) is 2.90. The van der Waals surface area contributed by atoms with Crippen LogP contribution in [-0.4, -0.2) is 34.8 Å². The molecule has 1 aromatic heterocycles. The van der Waals surface area contributed by atoms with Crippen LogP contribution in [0, 0.1) is 0 Å². The van der Waals surface area contributed by atoms with Crippen LogP contribution >= 0.6 is 0 Å². The first-order valence-electron chi connectivity index (χ1n) is 5.34. The van der Waals surface area contributed by atoms with Crippen molar-refractivity contribution in [2.75, 3.05) is 13.2 Å². The Labute approximate surface area is 98.7 Å². The lowest BCUT2D eigenvalue weighted by Gasteiger charge is -2.13. The summed E-state index contributed by atoms with van der Waals surface area (Å²) in [5.41, 5.74) is 0. The Hall–Kier alpha value is -2.17. The molecule has 1 aliphatic rings. The predicted molar refractivity (Wildman–Crippen MR) is 60.2 cm³/mol. The van der Waals surface area contributed by atoms with Crippen molar-refractivity contribution in [1.29, 1.82) is 0 Å². The maximum Gasteiger partial charge on any atom is 0.253 e. The number of ether oxygens (including phenoxy) is 1. The molecule has 2 heterocycles. The first kappa shape index (κ1) is 11.3. The van der Waals surface area contributed by atoms with Gasteiger partial charge in [-0.2, -0.15) is 0 Å². The van der Waals surface area contributed by atoms with E-state index in [0.29, 0.717) is 25.3 Å². The van der Waals surface area contributed by atoms with E-state index in [0.717, 1.165) is 0 Å². The van der Waals surface area contributed by atoms with Gasteiger partial charge in [0.2, 0.25) is 0 Å². The second-order valence-electron chi connectivity index (χ2n) is 3.55. The van der Waals surface area contributed by atoms with E-state index in [-0.39, 0.29) is 11.8 Å². The minimum Gasteiger partial charge on any atom is -0.492 e. The Morgan fingerprint density at radius 2 is 2.00 bits per heavy atom. The van der Waals surface area contributed by atoms with E-state index in [4.69, 9.17) is 4.74 Å². The van der Waals surface area contributed by atoms with Crippen molar-refractivity contribution >= 4 is 11.8 Å². The molecule has 0 atom stereocenters. The van der Waals surface area contributed by atoms with Gasteiger partial charge in [-0.25, -0.2) is 0 Å². The van der Waals surface area contributed by atoms with Gasteiger partial charge >= 0.3 is 0 Å². The number of hydrogen-bond donors (Lipinski definition) is 0. The molecule has 0 aliphatic carbocycles. The molecule has 17 heavy (non-hydrogen) atoms. The molecule has 0 bridgehead atoms. The normalized spacial score (nSPS) is 14.5. The lowest BCUT2D eigenvalue weighted by Crippen LogP contribution is -2.31. The van der Waals surface area contributed by atoms with Crippen molar-refractivity contribution in [3.8, 4) is 5.75 Å². The number of amides is 2. The van der Waals surface area contributed by atoms with Crippen molar-refractivity contribution in [3.63, 3.8) is 0 Å². The number of aromatic nitrogens is 1. The highest BCUT2D eigenvalue weighted by Crippen LogP contribution is 2.08. The second kappa shape index (κ2) is 5.25. The molecule has 5 heteroatoms. The number of pyridine rings is 1. The van der Waals surface area contributed by atoms with Crippen LogP contribution in [0.15, 0.2) is 36.7 Å². The topological polar surface area (TPSA) is 59.5 Å². The van der Waals surface area contributed by atoms with E-state index in [9.17, 15) is 9.59 Å². The van der Waals surface area contributed by atoms with Crippen LogP contribution in [-0.2, 0) is 9.59 Å². The third-order valence-electron chi connectivity index (χ3n) is 2.33. The summed E-state index contributed by atoms with van der Waals surface area (Å²) in [4.78, 5) is 27.5. The maximum absolute atomic E-state index is 11.2. The molecular weight excluding hydrogens is 220 g/mol. The highest BCUT2D eigenvalue weighted by molar-refractivity contribution is 6.12. The minimum absolute atomic E-state index is 0.253. The van der Waals surface area contributed by atoms with Crippen molar-refractivity contribution in [3.05, 3.63) is 36.7 Å². The molecule has 0 saturated carbocycles. The van der Waals surface area contributed by atoms with Gasteiger partial charge < -0.3 is 4.74 Å². The molecule has 1 aliphatic heterocycles. The van der Waals surface area contributed by atoms with E-state index in [2.05, 4.69) is 4.98 Å². The Kier molecular flexibility index (Phi) is 3.49. The van der Waals surface area contributed by atoms with Crippen molar-refractivity contribution in [2.45, 2.75) is 6.42 Å². The van der Waals surface area contributed by atoms with Crippen LogP contribution in [0.25, 0.3) is 0 Å². The molecule has 5 nitrogen and oxygen atoms in total. The zero-order valence-electron chi connectivity index (χ0n) is 9.20. The molecular formula is C12H12N2O3. The SMILES string of the molecule is O=C1C=CC(=O)N1CCCOc1cccnc1. The highest BCUT2D eigenvalue weighted by atomic mass is 16.5. The van der Waals surface area contributed by atoms with Gasteiger partial charge in [-0.15, -0.1) is 0 Å². The van der Waals surface area contributed by atoms with Gasteiger partial charge in [0.25, 0.3) is 11.8 Å². The van der Waals surface area contributed by atoms with Gasteiger partial charge in [-0.1, -0.05) is 0 Å². The van der Waals surface area contributed by atoms with Crippen LogP contribution in [0.4, 0.5) is 0 Å². The molecule has 2 rings (SSSR count). The van der Waals surface area contributed by atoms with E-state index in [1.165, 1.54) is 17.1 Å². The molecule has 2 amide bonds. The van der Waals surface area contributed by atoms with E-state index in [1.807, 2.05) is 0 Å². The first-order valence-corrected chi connectivity index (χ1v) is 5.34. The lowest BCUT2D eigenvalue weighted by molar-refractivity contribution is -0.136. The molecule has 0 unspecified atom stereocenters. The largest absolute Gasteiger partial charge is 0.492 e. The summed E-state index contributed by atoms with van der Waals surface area (Å²) in [6.45, 7) is 0.827. The number of imide groups is 1. The summed E-state index contributed by atoms with van der Waals surface area (Å²) < 4.78 is 5.40. The third-order valence-corrected chi connectivity index (χ3v) is 2.33. The molecule has 0 radical (unpaired) electrons. The van der Waals surface area contributed by atoms with Crippen LogP contribution in [0.3, 0.4) is 0 Å². The fraction of sp³-hybridized carbons (Fsp3) is 0.250. The number of nitrogens with zero attached hydrogens (tertiary/aromatic N) is 2. The van der Waals surface area contributed by atoms with Crippen LogP contribution in [0.5, 0.6) is 5.75 Å². The summed E-state index contributed by atoms with van der Waals surface area (Å²) in [6.07, 6.45) is 6.45. The van der Waals surface area contributed by atoms with Crippen molar-refractivity contribution in [2.24, 2.45) is 0 Å². The van der Waals surface area contributed by atoms with Gasteiger partial charge in [0.1, 0.15) is 5.75 Å². The van der Waals surface area contributed by atoms with Gasteiger partial charge in [0.15, 0.2) is 0 Å². The molecule has 0 fully saturated rings. The van der Waals surface area contributed by atoms with Gasteiger partial charge in [0.05, 0.1) is 12.8 Å². The molecule has 1 aromatic rings. The number of rotatable bonds is 5. The highest BCUT2D eigenvalue weighted by Gasteiger charge is 2.22. The fourth-order valence-corrected chi connectivity index (χ4v) is 1.50. The number of carbonyl (C=O) groups excluding carboxylic acids is 2. The summed E-state index contributed by atoms with van der Waals surface area (Å²) in [5.74, 6) is 0.178. The molecule has 0 N–H and O–H groups in total. The Balaban J connectivity index is 1.70. The van der Waals surface area contributed by atoms with Crippen molar-refractivity contribution in [1.82, 2.24) is 9.88 Å². The maximum atomic E-state index is 11.2. The molecule has 0 saturated heterocycles. The molecule has 0 aromatic carbocycles. The lowest BCUT2D eigenvalue weighted by atomic mass is 10.4. The summed E-state index contributed by atoms with van der Waals surface area (Å²) >= 11 is 0. The van der Waals surface area contributed by atoms with Crippen LogP contribution in [0.1, 0.15) is 6.42 Å². The van der Waals surface area contributed by atoms with Crippen LogP contribution in [0.2, 0.25) is 0 Å². The summed E-state index contributed by atoms with van der Waals surface area (Å²) in [7, 11) is 0.